The quantitative estimate of drug-likeness (QED) is 0.841. The molecule has 3 rings (SSSR count). The molecule has 0 bridgehead atoms. The molecule has 1 aromatic carbocycles. The third kappa shape index (κ3) is 4.37. The lowest BCUT2D eigenvalue weighted by Gasteiger charge is -2.31. The van der Waals surface area contributed by atoms with Gasteiger partial charge in [0, 0.05) is 6.04 Å². The summed E-state index contributed by atoms with van der Waals surface area (Å²) in [6, 6.07) is 6.14. The Morgan fingerprint density at radius 2 is 1.88 bits per heavy atom. The lowest BCUT2D eigenvalue weighted by molar-refractivity contribution is -0.125. The molecule has 0 saturated heterocycles. The molecular weight excluding hydrogens is 328 g/mol. The van der Waals surface area contributed by atoms with Gasteiger partial charge in [0.1, 0.15) is 12.3 Å². The highest BCUT2D eigenvalue weighted by Gasteiger charge is 2.29. The van der Waals surface area contributed by atoms with Gasteiger partial charge in [0.2, 0.25) is 5.91 Å². The zero-order chi connectivity index (χ0) is 18.7. The number of rotatable bonds is 3. The SMILES string of the molecule is CC(C)(C)c1ccc2c(c1)N(CC(=O)NC1CCCCCC1)C(=O)CO2. The predicted octanol–water partition coefficient (Wildman–Crippen LogP) is 3.55. The van der Waals surface area contributed by atoms with E-state index in [-0.39, 0.29) is 36.4 Å². The maximum Gasteiger partial charge on any atom is 0.265 e. The van der Waals surface area contributed by atoms with Crippen LogP contribution in [0.25, 0.3) is 0 Å². The van der Waals surface area contributed by atoms with Crippen LogP contribution in [0, 0.1) is 0 Å². The number of carbonyl (C=O) groups is 2. The average molecular weight is 358 g/mol. The number of anilines is 1. The molecule has 1 aromatic rings. The molecule has 1 aliphatic carbocycles. The Morgan fingerprint density at radius 1 is 1.19 bits per heavy atom. The van der Waals surface area contributed by atoms with Gasteiger partial charge in [-0.15, -0.1) is 0 Å². The van der Waals surface area contributed by atoms with E-state index in [1.807, 2.05) is 18.2 Å². The number of carbonyl (C=O) groups excluding carboxylic acids is 2. The summed E-state index contributed by atoms with van der Waals surface area (Å²) in [5.41, 5.74) is 1.78. The molecule has 0 atom stereocenters. The summed E-state index contributed by atoms with van der Waals surface area (Å²) < 4.78 is 5.56. The van der Waals surface area contributed by atoms with Gasteiger partial charge in [0.25, 0.3) is 5.91 Å². The van der Waals surface area contributed by atoms with Crippen LogP contribution in [-0.4, -0.2) is 31.0 Å². The molecule has 1 aliphatic heterocycles. The highest BCUT2D eigenvalue weighted by molar-refractivity contribution is 6.02. The molecule has 1 heterocycles. The largest absolute Gasteiger partial charge is 0.482 e. The third-order valence-electron chi connectivity index (χ3n) is 5.29. The first kappa shape index (κ1) is 18.7. The molecule has 0 spiro atoms. The number of hydrogen-bond acceptors (Lipinski definition) is 3. The molecule has 0 aromatic heterocycles. The Morgan fingerprint density at radius 3 is 2.54 bits per heavy atom. The first-order valence-corrected chi connectivity index (χ1v) is 9.71. The maximum atomic E-state index is 12.6. The van der Waals surface area contributed by atoms with Gasteiger partial charge < -0.3 is 10.1 Å². The van der Waals surface area contributed by atoms with Gasteiger partial charge in [-0.05, 0) is 36.0 Å². The Kier molecular flexibility index (Phi) is 5.54. The second-order valence-electron chi connectivity index (χ2n) is 8.46. The van der Waals surface area contributed by atoms with E-state index in [1.165, 1.54) is 25.7 Å². The molecule has 2 amide bonds. The van der Waals surface area contributed by atoms with Crippen molar-refractivity contribution in [1.82, 2.24) is 5.32 Å². The van der Waals surface area contributed by atoms with E-state index < -0.39 is 0 Å². The fraction of sp³-hybridized carbons (Fsp3) is 0.619. The molecule has 1 fully saturated rings. The third-order valence-corrected chi connectivity index (χ3v) is 5.29. The Bertz CT molecular complexity index is 670. The van der Waals surface area contributed by atoms with Crippen LogP contribution in [0.1, 0.15) is 64.9 Å². The van der Waals surface area contributed by atoms with Crippen molar-refractivity contribution >= 4 is 17.5 Å². The monoisotopic (exact) mass is 358 g/mol. The average Bonchev–Trinajstić information content (AvgIpc) is 2.85. The van der Waals surface area contributed by atoms with Gasteiger partial charge in [-0.25, -0.2) is 0 Å². The van der Waals surface area contributed by atoms with Gasteiger partial charge >= 0.3 is 0 Å². The number of benzene rings is 1. The van der Waals surface area contributed by atoms with Crippen molar-refractivity contribution in [2.24, 2.45) is 0 Å². The van der Waals surface area contributed by atoms with Crippen molar-refractivity contribution < 1.29 is 14.3 Å². The lowest BCUT2D eigenvalue weighted by atomic mass is 9.86. The Labute approximate surface area is 156 Å². The zero-order valence-corrected chi connectivity index (χ0v) is 16.1. The van der Waals surface area contributed by atoms with Crippen molar-refractivity contribution in [3.63, 3.8) is 0 Å². The Balaban J connectivity index is 1.75. The molecule has 5 nitrogen and oxygen atoms in total. The molecule has 142 valence electrons. The summed E-state index contributed by atoms with van der Waals surface area (Å²) in [7, 11) is 0. The van der Waals surface area contributed by atoms with Crippen molar-refractivity contribution in [2.45, 2.75) is 70.8 Å². The highest BCUT2D eigenvalue weighted by atomic mass is 16.5. The minimum Gasteiger partial charge on any atom is -0.482 e. The molecule has 5 heteroatoms. The maximum absolute atomic E-state index is 12.6. The fourth-order valence-electron chi connectivity index (χ4n) is 3.68. The van der Waals surface area contributed by atoms with E-state index in [0.717, 1.165) is 18.4 Å². The van der Waals surface area contributed by atoms with Crippen LogP contribution < -0.4 is 15.0 Å². The van der Waals surface area contributed by atoms with Crippen molar-refractivity contribution in [1.29, 1.82) is 0 Å². The minimum absolute atomic E-state index is 0.0153. The van der Waals surface area contributed by atoms with Gasteiger partial charge in [-0.3, -0.25) is 14.5 Å². The highest BCUT2D eigenvalue weighted by Crippen LogP contribution is 2.36. The molecule has 2 aliphatic rings. The van der Waals surface area contributed by atoms with Crippen LogP contribution in [0.3, 0.4) is 0 Å². The second kappa shape index (κ2) is 7.68. The first-order valence-electron chi connectivity index (χ1n) is 9.71. The smallest absolute Gasteiger partial charge is 0.265 e. The normalized spacial score (nSPS) is 18.7. The Hall–Kier alpha value is -2.04. The van der Waals surface area contributed by atoms with Gasteiger partial charge in [0.15, 0.2) is 6.61 Å². The summed E-state index contributed by atoms with van der Waals surface area (Å²) in [5, 5.41) is 3.13. The summed E-state index contributed by atoms with van der Waals surface area (Å²) in [5.74, 6) is 0.415. The summed E-state index contributed by atoms with van der Waals surface area (Å²) >= 11 is 0. The lowest BCUT2D eigenvalue weighted by Crippen LogP contribution is -2.47. The number of ether oxygens (including phenoxy) is 1. The molecule has 26 heavy (non-hydrogen) atoms. The van der Waals surface area contributed by atoms with Gasteiger partial charge in [0.05, 0.1) is 5.69 Å². The number of nitrogens with one attached hydrogen (secondary N) is 1. The molecule has 0 unspecified atom stereocenters. The van der Waals surface area contributed by atoms with E-state index in [0.29, 0.717) is 11.4 Å². The number of hydrogen-bond donors (Lipinski definition) is 1. The van der Waals surface area contributed by atoms with Crippen molar-refractivity contribution in [2.75, 3.05) is 18.1 Å². The molecule has 0 radical (unpaired) electrons. The summed E-state index contributed by atoms with van der Waals surface area (Å²) in [6.07, 6.45) is 6.90. The van der Waals surface area contributed by atoms with Crippen LogP contribution in [0.15, 0.2) is 18.2 Å². The molecular formula is C21H30N2O3. The van der Waals surface area contributed by atoms with E-state index in [4.69, 9.17) is 4.74 Å². The summed E-state index contributed by atoms with van der Waals surface area (Å²) in [4.78, 5) is 26.6. The van der Waals surface area contributed by atoms with E-state index in [1.54, 1.807) is 4.90 Å². The van der Waals surface area contributed by atoms with E-state index >= 15 is 0 Å². The van der Waals surface area contributed by atoms with Crippen LogP contribution >= 0.6 is 0 Å². The van der Waals surface area contributed by atoms with Crippen molar-refractivity contribution in [3.8, 4) is 5.75 Å². The van der Waals surface area contributed by atoms with Gasteiger partial charge in [-0.1, -0.05) is 52.5 Å². The molecule has 1 saturated carbocycles. The van der Waals surface area contributed by atoms with Crippen LogP contribution in [-0.2, 0) is 15.0 Å². The van der Waals surface area contributed by atoms with Crippen LogP contribution in [0.2, 0.25) is 0 Å². The zero-order valence-electron chi connectivity index (χ0n) is 16.1. The van der Waals surface area contributed by atoms with E-state index in [2.05, 4.69) is 26.1 Å². The minimum atomic E-state index is -0.167. The predicted molar refractivity (Wildman–Crippen MR) is 103 cm³/mol. The number of amides is 2. The standard InChI is InChI=1S/C21H30N2O3/c1-21(2,3)15-10-11-18-17(12-15)23(20(25)14-26-18)13-19(24)22-16-8-6-4-5-7-9-16/h10-12,16H,4-9,13-14H2,1-3H3,(H,22,24). The van der Waals surface area contributed by atoms with Crippen molar-refractivity contribution in [3.05, 3.63) is 23.8 Å². The number of nitrogens with zero attached hydrogens (tertiary/aromatic N) is 1. The number of fused-ring (bicyclic) bond motifs is 1. The molecule has 1 N–H and O–H groups in total. The summed E-state index contributed by atoms with van der Waals surface area (Å²) in [6.45, 7) is 6.42. The van der Waals surface area contributed by atoms with E-state index in [9.17, 15) is 9.59 Å². The van der Waals surface area contributed by atoms with Gasteiger partial charge in [-0.2, -0.15) is 0 Å². The van der Waals surface area contributed by atoms with Crippen LogP contribution in [0.4, 0.5) is 5.69 Å². The topological polar surface area (TPSA) is 58.6 Å². The van der Waals surface area contributed by atoms with Crippen LogP contribution in [0.5, 0.6) is 5.75 Å². The second-order valence-corrected chi connectivity index (χ2v) is 8.46. The first-order chi connectivity index (χ1) is 12.3. The fourth-order valence-corrected chi connectivity index (χ4v) is 3.68.